The van der Waals surface area contributed by atoms with Gasteiger partial charge in [0, 0.05) is 12.0 Å². The maximum absolute atomic E-state index is 12.9. The molecule has 0 spiro atoms. The van der Waals surface area contributed by atoms with Crippen molar-refractivity contribution in [2.24, 2.45) is 0 Å². The van der Waals surface area contributed by atoms with Gasteiger partial charge in [0.25, 0.3) is 11.8 Å². The minimum atomic E-state index is -0.742. The van der Waals surface area contributed by atoms with E-state index in [-0.39, 0.29) is 37.0 Å². The molecule has 1 aliphatic heterocycles. The quantitative estimate of drug-likeness (QED) is 0.587. The van der Waals surface area contributed by atoms with Crippen molar-refractivity contribution in [3.05, 3.63) is 36.0 Å². The van der Waals surface area contributed by atoms with Gasteiger partial charge in [-0.05, 0) is 30.7 Å². The number of carbonyl (C=O) groups is 3. The molecule has 0 radical (unpaired) electrons. The topological polar surface area (TPSA) is 123 Å². The number of hydrogen-bond donors (Lipinski definition) is 2. The summed E-state index contributed by atoms with van der Waals surface area (Å²) in [6, 6.07) is 4.21. The van der Waals surface area contributed by atoms with Crippen molar-refractivity contribution in [1.82, 2.24) is 20.8 Å². The van der Waals surface area contributed by atoms with Crippen molar-refractivity contribution in [1.29, 1.82) is 0 Å². The van der Waals surface area contributed by atoms with Gasteiger partial charge in [0.2, 0.25) is 5.82 Å². The molecule has 10 heteroatoms. The first kappa shape index (κ1) is 16.6. The molecular formula is C15H13FN4O5. The molecule has 1 aromatic carbocycles. The number of halogens is 1. The average molecular weight is 348 g/mol. The largest absolute Gasteiger partial charge is 0.456 e. The number of ether oxygens (including phenoxy) is 1. The van der Waals surface area contributed by atoms with Gasteiger partial charge in [0.15, 0.2) is 6.61 Å². The fraction of sp³-hybridized carbons (Fsp3) is 0.267. The second kappa shape index (κ2) is 7.07. The Labute approximate surface area is 140 Å². The molecule has 1 atom stereocenters. The highest BCUT2D eigenvalue weighted by atomic mass is 19.1. The zero-order chi connectivity index (χ0) is 17.8. The van der Waals surface area contributed by atoms with Gasteiger partial charge in [-0.1, -0.05) is 5.16 Å². The van der Waals surface area contributed by atoms with Crippen molar-refractivity contribution < 1.29 is 28.0 Å². The molecule has 1 fully saturated rings. The van der Waals surface area contributed by atoms with E-state index in [2.05, 4.69) is 20.8 Å². The van der Waals surface area contributed by atoms with E-state index in [0.717, 1.165) is 0 Å². The number of nitrogens with zero attached hydrogens (tertiary/aromatic N) is 2. The van der Waals surface area contributed by atoms with Crippen LogP contribution in [0.5, 0.6) is 0 Å². The molecule has 3 rings (SSSR count). The van der Waals surface area contributed by atoms with Crippen LogP contribution in [-0.2, 0) is 20.9 Å². The van der Waals surface area contributed by atoms with Crippen LogP contribution in [0, 0.1) is 5.82 Å². The first-order valence-corrected chi connectivity index (χ1v) is 7.37. The molecule has 1 aliphatic rings. The first-order valence-electron chi connectivity index (χ1n) is 7.37. The van der Waals surface area contributed by atoms with E-state index < -0.39 is 23.9 Å². The lowest BCUT2D eigenvalue weighted by molar-refractivity contribution is -0.146. The Kier molecular flexibility index (Phi) is 4.68. The summed E-state index contributed by atoms with van der Waals surface area (Å²) < 4.78 is 22.8. The molecule has 9 nitrogen and oxygen atoms in total. The van der Waals surface area contributed by atoms with Crippen molar-refractivity contribution >= 4 is 17.9 Å². The molecule has 3 amide bonds. The number of carbonyl (C=O) groups excluding carboxylic acids is 3. The van der Waals surface area contributed by atoms with Crippen LogP contribution in [-0.4, -0.2) is 34.1 Å². The number of benzene rings is 1. The van der Waals surface area contributed by atoms with Gasteiger partial charge >= 0.3 is 12.0 Å². The SMILES string of the molecule is O=C1NC(=O)[C@H](CCC(=O)OCc2nc(-c3ccc(F)cc3)no2)N1. The highest BCUT2D eigenvalue weighted by Crippen LogP contribution is 2.16. The third-order valence-electron chi connectivity index (χ3n) is 3.42. The van der Waals surface area contributed by atoms with E-state index in [1.54, 1.807) is 0 Å². The highest BCUT2D eigenvalue weighted by molar-refractivity contribution is 6.04. The van der Waals surface area contributed by atoms with Crippen molar-refractivity contribution in [3.8, 4) is 11.4 Å². The molecule has 1 saturated heterocycles. The third kappa shape index (κ3) is 4.16. The number of imide groups is 1. The molecule has 0 unspecified atom stereocenters. The smallest absolute Gasteiger partial charge is 0.322 e. The first-order chi connectivity index (χ1) is 12.0. The number of rotatable bonds is 6. The Morgan fingerprint density at radius 2 is 2.04 bits per heavy atom. The molecule has 0 aliphatic carbocycles. The molecule has 2 aromatic rings. The summed E-state index contributed by atoms with van der Waals surface area (Å²) in [7, 11) is 0. The van der Waals surface area contributed by atoms with Gasteiger partial charge in [0.05, 0.1) is 0 Å². The zero-order valence-electron chi connectivity index (χ0n) is 12.8. The maximum atomic E-state index is 12.9. The van der Waals surface area contributed by atoms with Crippen LogP contribution in [0.4, 0.5) is 9.18 Å². The van der Waals surface area contributed by atoms with E-state index in [1.807, 2.05) is 0 Å². The normalized spacial score (nSPS) is 16.4. The van der Waals surface area contributed by atoms with E-state index in [1.165, 1.54) is 24.3 Å². The predicted octanol–water partition coefficient (Wildman–Crippen LogP) is 0.907. The van der Waals surface area contributed by atoms with Crippen molar-refractivity contribution in [3.63, 3.8) is 0 Å². The highest BCUT2D eigenvalue weighted by Gasteiger charge is 2.29. The summed E-state index contributed by atoms with van der Waals surface area (Å²) in [5.74, 6) is -1.10. The lowest BCUT2D eigenvalue weighted by atomic mass is 10.1. The molecule has 0 saturated carbocycles. The van der Waals surface area contributed by atoms with E-state index in [4.69, 9.17) is 9.26 Å². The predicted molar refractivity (Wildman–Crippen MR) is 79.2 cm³/mol. The Morgan fingerprint density at radius 3 is 2.72 bits per heavy atom. The standard InChI is InChI=1S/C15H13FN4O5/c16-9-3-1-8(2-4-9)13-18-11(25-20-13)7-24-12(21)6-5-10-14(22)19-15(23)17-10/h1-4,10H,5-7H2,(H2,17,19,22,23)/t10-/m0/s1. The van der Waals surface area contributed by atoms with Crippen LogP contribution < -0.4 is 10.6 Å². The minimum absolute atomic E-state index is 0.0582. The van der Waals surface area contributed by atoms with Crippen LogP contribution in [0.3, 0.4) is 0 Å². The van der Waals surface area contributed by atoms with Gasteiger partial charge in [-0.3, -0.25) is 14.9 Å². The molecule has 2 N–H and O–H groups in total. The summed E-state index contributed by atoms with van der Waals surface area (Å²) >= 11 is 0. The van der Waals surface area contributed by atoms with E-state index >= 15 is 0 Å². The summed E-state index contributed by atoms with van der Waals surface area (Å²) in [6.45, 7) is -0.226. The number of urea groups is 1. The Balaban J connectivity index is 1.47. The van der Waals surface area contributed by atoms with Gasteiger partial charge in [-0.2, -0.15) is 4.98 Å². The Bertz CT molecular complexity index is 805. The molecule has 2 heterocycles. The lowest BCUT2D eigenvalue weighted by Gasteiger charge is -2.06. The molecular weight excluding hydrogens is 335 g/mol. The summed E-state index contributed by atoms with van der Waals surface area (Å²) in [5, 5.41) is 8.18. The van der Waals surface area contributed by atoms with Gasteiger partial charge in [-0.25, -0.2) is 9.18 Å². The average Bonchev–Trinajstić information content (AvgIpc) is 3.18. The van der Waals surface area contributed by atoms with Gasteiger partial charge in [-0.15, -0.1) is 0 Å². The number of amides is 3. The van der Waals surface area contributed by atoms with Crippen LogP contribution in [0.2, 0.25) is 0 Å². The number of aromatic nitrogens is 2. The van der Waals surface area contributed by atoms with Crippen molar-refractivity contribution in [2.75, 3.05) is 0 Å². The monoisotopic (exact) mass is 348 g/mol. The van der Waals surface area contributed by atoms with E-state index in [9.17, 15) is 18.8 Å². The van der Waals surface area contributed by atoms with E-state index in [0.29, 0.717) is 5.56 Å². The summed E-state index contributed by atoms with van der Waals surface area (Å²) in [5.41, 5.74) is 0.561. The number of nitrogens with one attached hydrogen (secondary N) is 2. The fourth-order valence-corrected chi connectivity index (χ4v) is 2.17. The van der Waals surface area contributed by atoms with Crippen LogP contribution >= 0.6 is 0 Å². The Morgan fingerprint density at radius 1 is 1.28 bits per heavy atom. The van der Waals surface area contributed by atoms with Crippen LogP contribution in [0.25, 0.3) is 11.4 Å². The van der Waals surface area contributed by atoms with Crippen LogP contribution in [0.1, 0.15) is 18.7 Å². The molecule has 1 aromatic heterocycles. The second-order valence-electron chi connectivity index (χ2n) is 5.23. The van der Waals surface area contributed by atoms with Crippen molar-refractivity contribution in [2.45, 2.75) is 25.5 Å². The zero-order valence-corrected chi connectivity index (χ0v) is 12.8. The minimum Gasteiger partial charge on any atom is -0.456 e. The summed E-state index contributed by atoms with van der Waals surface area (Å²) in [6.07, 6.45) is 0.0678. The third-order valence-corrected chi connectivity index (χ3v) is 3.42. The van der Waals surface area contributed by atoms with Gasteiger partial charge in [0.1, 0.15) is 11.9 Å². The molecule has 25 heavy (non-hydrogen) atoms. The number of hydrogen-bond acceptors (Lipinski definition) is 7. The maximum Gasteiger partial charge on any atom is 0.322 e. The molecule has 130 valence electrons. The lowest BCUT2D eigenvalue weighted by Crippen LogP contribution is -2.29. The summed E-state index contributed by atoms with van der Waals surface area (Å²) in [4.78, 5) is 38.0. The van der Waals surface area contributed by atoms with Gasteiger partial charge < -0.3 is 14.6 Å². The van der Waals surface area contributed by atoms with Crippen LogP contribution in [0.15, 0.2) is 28.8 Å². The fourth-order valence-electron chi connectivity index (χ4n) is 2.17. The molecule has 0 bridgehead atoms. The number of esters is 1. The Hall–Kier alpha value is -3.30. The second-order valence-corrected chi connectivity index (χ2v) is 5.23.